The molecule has 0 amide bonds. The van der Waals surface area contributed by atoms with Crippen LogP contribution in [0.3, 0.4) is 0 Å². The molecule has 1 aromatic rings. The molecule has 21 heavy (non-hydrogen) atoms. The average Bonchev–Trinajstić information content (AvgIpc) is 3.03. The number of piperidine rings is 1. The van der Waals surface area contributed by atoms with Gasteiger partial charge in [-0.1, -0.05) is 6.42 Å². The Labute approximate surface area is 131 Å². The molecule has 3 heterocycles. The fraction of sp³-hybridized carbons (Fsp3) is 0.812. The van der Waals surface area contributed by atoms with Crippen LogP contribution in [-0.2, 0) is 6.54 Å². The van der Waals surface area contributed by atoms with Gasteiger partial charge in [0.05, 0.1) is 5.69 Å². The highest BCUT2D eigenvalue weighted by Gasteiger charge is 2.29. The van der Waals surface area contributed by atoms with E-state index in [1.807, 2.05) is 11.3 Å². The lowest BCUT2D eigenvalue weighted by Gasteiger charge is -2.32. The molecule has 0 radical (unpaired) electrons. The molecule has 0 aromatic carbocycles. The van der Waals surface area contributed by atoms with Crippen LogP contribution >= 0.6 is 11.3 Å². The number of hydrogen-bond donors (Lipinski definition) is 1. The van der Waals surface area contributed by atoms with E-state index in [1.54, 1.807) is 0 Å². The zero-order valence-corrected chi connectivity index (χ0v) is 13.6. The lowest BCUT2D eigenvalue weighted by Crippen LogP contribution is -2.40. The van der Waals surface area contributed by atoms with Crippen molar-refractivity contribution in [3.63, 3.8) is 0 Å². The number of nitrogens with one attached hydrogen (secondary N) is 1. The Balaban J connectivity index is 1.31. The van der Waals surface area contributed by atoms with E-state index in [0.717, 1.165) is 18.6 Å². The fourth-order valence-corrected chi connectivity index (χ4v) is 4.42. The smallest absolute Gasteiger partial charge is 0.185 e. The first kappa shape index (κ1) is 14.0. The van der Waals surface area contributed by atoms with Gasteiger partial charge in [-0.25, -0.2) is 4.98 Å². The summed E-state index contributed by atoms with van der Waals surface area (Å²) in [5, 5.41) is 7.03. The van der Waals surface area contributed by atoms with Gasteiger partial charge in [0.15, 0.2) is 5.13 Å². The quantitative estimate of drug-likeness (QED) is 0.905. The normalized spacial score (nSPS) is 27.4. The van der Waals surface area contributed by atoms with Gasteiger partial charge in [-0.3, -0.25) is 4.90 Å². The van der Waals surface area contributed by atoms with Crippen LogP contribution in [0.5, 0.6) is 0 Å². The minimum Gasteiger partial charge on any atom is -0.346 e. The van der Waals surface area contributed by atoms with Crippen molar-refractivity contribution < 1.29 is 0 Å². The zero-order valence-electron chi connectivity index (χ0n) is 12.8. The highest BCUT2D eigenvalue weighted by atomic mass is 32.1. The van der Waals surface area contributed by atoms with Crippen LogP contribution in [0.25, 0.3) is 0 Å². The molecule has 2 aliphatic heterocycles. The van der Waals surface area contributed by atoms with Crippen molar-refractivity contribution in [3.8, 4) is 0 Å². The van der Waals surface area contributed by atoms with Crippen molar-refractivity contribution in [3.05, 3.63) is 11.1 Å². The third-order valence-corrected chi connectivity index (χ3v) is 5.98. The number of hydrogen-bond acceptors (Lipinski definition) is 5. The third kappa shape index (κ3) is 3.41. The van der Waals surface area contributed by atoms with E-state index in [0.29, 0.717) is 0 Å². The van der Waals surface area contributed by atoms with E-state index in [4.69, 9.17) is 4.98 Å². The molecule has 3 aliphatic rings. The molecule has 1 unspecified atom stereocenters. The summed E-state index contributed by atoms with van der Waals surface area (Å²) < 4.78 is 0. The fourth-order valence-electron chi connectivity index (χ4n) is 3.56. The molecule has 0 spiro atoms. The van der Waals surface area contributed by atoms with Crippen LogP contribution in [0.4, 0.5) is 5.13 Å². The number of thiazole rings is 1. The summed E-state index contributed by atoms with van der Waals surface area (Å²) in [7, 11) is 0. The van der Waals surface area contributed by atoms with Crippen LogP contribution in [0.15, 0.2) is 5.38 Å². The SMILES string of the molecule is c1sc(N2CCC(N3CCCCC3)C2)nc1CNC1CC1. The predicted octanol–water partition coefficient (Wildman–Crippen LogP) is 2.46. The van der Waals surface area contributed by atoms with Crippen LogP contribution in [0, 0.1) is 0 Å². The second-order valence-corrected chi connectivity index (χ2v) is 7.60. The van der Waals surface area contributed by atoms with Gasteiger partial charge in [-0.2, -0.15) is 0 Å². The molecule has 3 fully saturated rings. The molecular weight excluding hydrogens is 280 g/mol. The number of aromatic nitrogens is 1. The molecule has 2 saturated heterocycles. The lowest BCUT2D eigenvalue weighted by molar-refractivity contribution is 0.175. The molecule has 1 aliphatic carbocycles. The van der Waals surface area contributed by atoms with Crippen molar-refractivity contribution in [2.24, 2.45) is 0 Å². The minimum absolute atomic E-state index is 0.766. The van der Waals surface area contributed by atoms with Gasteiger partial charge >= 0.3 is 0 Å². The molecule has 5 heteroatoms. The van der Waals surface area contributed by atoms with E-state index in [1.165, 1.54) is 75.5 Å². The molecule has 4 rings (SSSR count). The number of nitrogens with zero attached hydrogens (tertiary/aromatic N) is 3. The molecule has 1 saturated carbocycles. The Morgan fingerprint density at radius 2 is 2.00 bits per heavy atom. The highest BCUT2D eigenvalue weighted by molar-refractivity contribution is 7.13. The monoisotopic (exact) mass is 306 g/mol. The average molecular weight is 306 g/mol. The summed E-state index contributed by atoms with van der Waals surface area (Å²) in [4.78, 5) is 10.1. The van der Waals surface area contributed by atoms with Crippen molar-refractivity contribution in [2.45, 2.75) is 57.2 Å². The molecule has 1 aromatic heterocycles. The van der Waals surface area contributed by atoms with E-state index in [-0.39, 0.29) is 0 Å². The molecule has 4 nitrogen and oxygen atoms in total. The van der Waals surface area contributed by atoms with E-state index in [2.05, 4.69) is 20.5 Å². The van der Waals surface area contributed by atoms with Crippen LogP contribution in [0.2, 0.25) is 0 Å². The van der Waals surface area contributed by atoms with Crippen molar-refractivity contribution in [2.75, 3.05) is 31.1 Å². The highest BCUT2D eigenvalue weighted by Crippen LogP contribution is 2.28. The number of rotatable bonds is 5. The largest absolute Gasteiger partial charge is 0.346 e. The Hall–Kier alpha value is -0.650. The Bertz CT molecular complexity index is 465. The van der Waals surface area contributed by atoms with Gasteiger partial charge in [0.25, 0.3) is 0 Å². The van der Waals surface area contributed by atoms with Gasteiger partial charge in [0, 0.05) is 37.1 Å². The van der Waals surface area contributed by atoms with Crippen LogP contribution in [-0.4, -0.2) is 48.1 Å². The van der Waals surface area contributed by atoms with Gasteiger partial charge in [0.2, 0.25) is 0 Å². The number of anilines is 1. The summed E-state index contributed by atoms with van der Waals surface area (Å²) in [6, 6.07) is 1.53. The maximum Gasteiger partial charge on any atom is 0.185 e. The van der Waals surface area contributed by atoms with Gasteiger partial charge < -0.3 is 10.2 Å². The summed E-state index contributed by atoms with van der Waals surface area (Å²) >= 11 is 1.82. The summed E-state index contributed by atoms with van der Waals surface area (Å²) in [6.45, 7) is 5.94. The second-order valence-electron chi connectivity index (χ2n) is 6.76. The summed E-state index contributed by atoms with van der Waals surface area (Å²) in [5.41, 5.74) is 1.23. The van der Waals surface area contributed by atoms with Gasteiger partial charge in [-0.05, 0) is 45.2 Å². The van der Waals surface area contributed by atoms with Gasteiger partial charge in [0.1, 0.15) is 0 Å². The number of likely N-dealkylation sites (tertiary alicyclic amines) is 1. The Morgan fingerprint density at radius 3 is 2.81 bits per heavy atom. The molecule has 116 valence electrons. The van der Waals surface area contributed by atoms with Crippen LogP contribution in [0.1, 0.15) is 44.2 Å². The van der Waals surface area contributed by atoms with Crippen molar-refractivity contribution >= 4 is 16.5 Å². The zero-order chi connectivity index (χ0) is 14.1. The molecular formula is C16H26N4S. The van der Waals surface area contributed by atoms with E-state index >= 15 is 0 Å². The summed E-state index contributed by atoms with van der Waals surface area (Å²) in [6.07, 6.45) is 8.22. The standard InChI is InChI=1S/C16H26N4S/c1-2-7-19(8-3-1)15-6-9-20(11-15)16-18-14(12-21-16)10-17-13-4-5-13/h12-13,15,17H,1-11H2. The van der Waals surface area contributed by atoms with E-state index < -0.39 is 0 Å². The lowest BCUT2D eigenvalue weighted by atomic mass is 10.1. The molecule has 1 N–H and O–H groups in total. The molecule has 0 bridgehead atoms. The topological polar surface area (TPSA) is 31.4 Å². The molecule has 1 atom stereocenters. The first-order valence-corrected chi connectivity index (χ1v) is 9.43. The van der Waals surface area contributed by atoms with Crippen molar-refractivity contribution in [1.29, 1.82) is 0 Å². The Kier molecular flexibility index (Phi) is 4.14. The third-order valence-electron chi connectivity index (χ3n) is 5.03. The maximum absolute atomic E-state index is 4.83. The Morgan fingerprint density at radius 1 is 1.14 bits per heavy atom. The maximum atomic E-state index is 4.83. The predicted molar refractivity (Wildman–Crippen MR) is 88.0 cm³/mol. The van der Waals surface area contributed by atoms with E-state index in [9.17, 15) is 0 Å². The van der Waals surface area contributed by atoms with Crippen molar-refractivity contribution in [1.82, 2.24) is 15.2 Å². The first-order chi connectivity index (χ1) is 10.4. The minimum atomic E-state index is 0.766. The first-order valence-electron chi connectivity index (χ1n) is 8.55. The van der Waals surface area contributed by atoms with Gasteiger partial charge in [-0.15, -0.1) is 11.3 Å². The van der Waals surface area contributed by atoms with Crippen LogP contribution < -0.4 is 10.2 Å². The summed E-state index contributed by atoms with van der Waals surface area (Å²) in [5.74, 6) is 0. The second kappa shape index (κ2) is 6.23.